The first-order chi connectivity index (χ1) is 7.05. The SMILES string of the molecule is CC1=CN=NC1(O)c1cccc(O)c1F. The van der Waals surface area contributed by atoms with E-state index in [2.05, 4.69) is 10.2 Å². The molecule has 1 aromatic rings. The van der Waals surface area contributed by atoms with Gasteiger partial charge in [-0.05, 0) is 13.0 Å². The molecule has 1 aromatic carbocycles. The van der Waals surface area contributed by atoms with Crippen LogP contribution in [0.15, 0.2) is 40.2 Å². The van der Waals surface area contributed by atoms with E-state index in [9.17, 15) is 14.6 Å². The minimum atomic E-state index is -1.79. The topological polar surface area (TPSA) is 65.2 Å². The number of hydrogen-bond donors (Lipinski definition) is 2. The Bertz CT molecular complexity index is 470. The number of hydrogen-bond acceptors (Lipinski definition) is 4. The zero-order chi connectivity index (χ0) is 11.1. The number of phenolic OH excluding ortho intramolecular Hbond substituents is 1. The molecule has 0 bridgehead atoms. The van der Waals surface area contributed by atoms with Crippen LogP contribution in [0.2, 0.25) is 0 Å². The van der Waals surface area contributed by atoms with Crippen molar-refractivity contribution in [3.8, 4) is 5.75 Å². The molecule has 1 atom stereocenters. The summed E-state index contributed by atoms with van der Waals surface area (Å²) in [6.45, 7) is 1.59. The lowest BCUT2D eigenvalue weighted by atomic mass is 9.96. The van der Waals surface area contributed by atoms with Crippen molar-refractivity contribution in [2.24, 2.45) is 10.2 Å². The number of halogens is 1. The number of aromatic hydroxyl groups is 1. The van der Waals surface area contributed by atoms with Gasteiger partial charge in [0.05, 0.1) is 11.8 Å². The second-order valence-corrected chi connectivity index (χ2v) is 3.34. The van der Waals surface area contributed by atoms with Crippen molar-refractivity contribution in [1.82, 2.24) is 0 Å². The van der Waals surface area contributed by atoms with Crippen LogP contribution in [0.3, 0.4) is 0 Å². The summed E-state index contributed by atoms with van der Waals surface area (Å²) in [6, 6.07) is 4.00. The third-order valence-electron chi connectivity index (χ3n) is 2.36. The second-order valence-electron chi connectivity index (χ2n) is 3.34. The Morgan fingerprint density at radius 1 is 1.40 bits per heavy atom. The first kappa shape index (κ1) is 9.79. The van der Waals surface area contributed by atoms with E-state index in [-0.39, 0.29) is 5.56 Å². The fraction of sp³-hybridized carbons (Fsp3) is 0.200. The van der Waals surface area contributed by atoms with Crippen LogP contribution < -0.4 is 0 Å². The highest BCUT2D eigenvalue weighted by Crippen LogP contribution is 2.38. The van der Waals surface area contributed by atoms with Crippen LogP contribution in [0.25, 0.3) is 0 Å². The van der Waals surface area contributed by atoms with Crippen LogP contribution in [0.5, 0.6) is 5.75 Å². The summed E-state index contributed by atoms with van der Waals surface area (Å²) in [5, 5.41) is 26.3. The van der Waals surface area contributed by atoms with Gasteiger partial charge in [0, 0.05) is 5.57 Å². The molecule has 2 rings (SSSR count). The Labute approximate surface area is 85.4 Å². The molecular weight excluding hydrogens is 199 g/mol. The molecule has 1 aliphatic rings. The van der Waals surface area contributed by atoms with Crippen LogP contribution in [0.1, 0.15) is 12.5 Å². The maximum absolute atomic E-state index is 13.5. The number of benzene rings is 1. The Balaban J connectivity index is 2.60. The third kappa shape index (κ3) is 1.32. The Morgan fingerprint density at radius 3 is 2.73 bits per heavy atom. The van der Waals surface area contributed by atoms with Gasteiger partial charge in [-0.3, -0.25) is 0 Å². The molecular formula is C10H9FN2O2. The average molecular weight is 208 g/mol. The lowest BCUT2D eigenvalue weighted by Crippen LogP contribution is -2.23. The molecule has 0 saturated heterocycles. The van der Waals surface area contributed by atoms with Crippen LogP contribution in [-0.2, 0) is 5.72 Å². The summed E-state index contributed by atoms with van der Waals surface area (Å²) >= 11 is 0. The molecule has 0 fully saturated rings. The van der Waals surface area contributed by atoms with Gasteiger partial charge in [0.2, 0.25) is 5.72 Å². The van der Waals surface area contributed by atoms with Crippen molar-refractivity contribution < 1.29 is 14.6 Å². The maximum atomic E-state index is 13.5. The summed E-state index contributed by atoms with van der Waals surface area (Å²) < 4.78 is 13.5. The molecule has 1 unspecified atom stereocenters. The summed E-state index contributed by atoms with van der Waals surface area (Å²) in [4.78, 5) is 0. The van der Waals surface area contributed by atoms with E-state index in [1.807, 2.05) is 0 Å². The van der Waals surface area contributed by atoms with E-state index in [0.29, 0.717) is 5.57 Å². The number of aliphatic hydroxyl groups is 1. The minimum absolute atomic E-state index is 0.0995. The lowest BCUT2D eigenvalue weighted by molar-refractivity contribution is 0.0806. The van der Waals surface area contributed by atoms with Crippen LogP contribution in [0, 0.1) is 5.82 Å². The van der Waals surface area contributed by atoms with E-state index in [0.717, 1.165) is 0 Å². The number of rotatable bonds is 1. The summed E-state index contributed by atoms with van der Waals surface area (Å²) in [6.07, 6.45) is 1.35. The van der Waals surface area contributed by atoms with Crippen LogP contribution >= 0.6 is 0 Å². The molecule has 1 heterocycles. The fourth-order valence-electron chi connectivity index (χ4n) is 1.42. The Hall–Kier alpha value is -1.75. The molecule has 0 amide bonds. The fourth-order valence-corrected chi connectivity index (χ4v) is 1.42. The molecule has 2 N–H and O–H groups in total. The monoisotopic (exact) mass is 208 g/mol. The predicted molar refractivity (Wildman–Crippen MR) is 50.6 cm³/mol. The quantitative estimate of drug-likeness (QED) is 0.741. The highest BCUT2D eigenvalue weighted by atomic mass is 19.1. The zero-order valence-corrected chi connectivity index (χ0v) is 7.98. The van der Waals surface area contributed by atoms with Crippen molar-refractivity contribution in [1.29, 1.82) is 0 Å². The molecule has 0 saturated carbocycles. The number of nitrogens with zero attached hydrogens (tertiary/aromatic N) is 2. The molecule has 4 nitrogen and oxygen atoms in total. The van der Waals surface area contributed by atoms with E-state index >= 15 is 0 Å². The first-order valence-corrected chi connectivity index (χ1v) is 4.35. The molecule has 0 radical (unpaired) electrons. The van der Waals surface area contributed by atoms with Gasteiger partial charge < -0.3 is 10.2 Å². The van der Waals surface area contributed by atoms with Gasteiger partial charge in [0.15, 0.2) is 11.6 Å². The highest BCUT2D eigenvalue weighted by molar-refractivity contribution is 5.39. The second kappa shape index (κ2) is 3.13. The Morgan fingerprint density at radius 2 is 2.13 bits per heavy atom. The summed E-state index contributed by atoms with van der Waals surface area (Å²) in [5.74, 6) is -1.40. The van der Waals surface area contributed by atoms with Gasteiger partial charge in [0.1, 0.15) is 0 Å². The number of phenols is 1. The maximum Gasteiger partial charge on any atom is 0.229 e. The van der Waals surface area contributed by atoms with Gasteiger partial charge >= 0.3 is 0 Å². The zero-order valence-electron chi connectivity index (χ0n) is 7.98. The molecule has 15 heavy (non-hydrogen) atoms. The third-order valence-corrected chi connectivity index (χ3v) is 2.36. The van der Waals surface area contributed by atoms with Crippen LogP contribution in [0.4, 0.5) is 4.39 Å². The summed E-state index contributed by atoms with van der Waals surface area (Å²) in [7, 11) is 0. The summed E-state index contributed by atoms with van der Waals surface area (Å²) in [5.41, 5.74) is -1.48. The minimum Gasteiger partial charge on any atom is -0.505 e. The highest BCUT2D eigenvalue weighted by Gasteiger charge is 2.37. The van der Waals surface area contributed by atoms with Crippen molar-refractivity contribution in [3.05, 3.63) is 41.4 Å². The van der Waals surface area contributed by atoms with E-state index in [1.54, 1.807) is 6.92 Å². The van der Waals surface area contributed by atoms with Gasteiger partial charge in [-0.2, -0.15) is 5.11 Å². The number of azo groups is 1. The van der Waals surface area contributed by atoms with Crippen molar-refractivity contribution >= 4 is 0 Å². The smallest absolute Gasteiger partial charge is 0.229 e. The molecule has 5 heteroatoms. The average Bonchev–Trinajstić information content (AvgIpc) is 2.53. The van der Waals surface area contributed by atoms with Crippen molar-refractivity contribution in [2.75, 3.05) is 0 Å². The Kier molecular flexibility index (Phi) is 2.04. The molecule has 0 spiro atoms. The van der Waals surface area contributed by atoms with E-state index < -0.39 is 17.3 Å². The normalized spacial score (nSPS) is 24.3. The standard InChI is InChI=1S/C10H9FN2O2/c1-6-5-12-13-10(6,15)7-3-2-4-8(14)9(7)11/h2-5,14-15H,1H3. The first-order valence-electron chi connectivity index (χ1n) is 4.35. The van der Waals surface area contributed by atoms with Crippen molar-refractivity contribution in [3.63, 3.8) is 0 Å². The molecule has 0 aromatic heterocycles. The van der Waals surface area contributed by atoms with Gasteiger partial charge in [0.25, 0.3) is 0 Å². The molecule has 78 valence electrons. The predicted octanol–water partition coefficient (Wildman–Crippen LogP) is 2.05. The van der Waals surface area contributed by atoms with E-state index in [4.69, 9.17) is 0 Å². The van der Waals surface area contributed by atoms with Gasteiger partial charge in [-0.25, -0.2) is 4.39 Å². The van der Waals surface area contributed by atoms with E-state index in [1.165, 1.54) is 24.4 Å². The van der Waals surface area contributed by atoms with Crippen LogP contribution in [-0.4, -0.2) is 10.2 Å². The largest absolute Gasteiger partial charge is 0.505 e. The lowest BCUT2D eigenvalue weighted by Gasteiger charge is -2.20. The van der Waals surface area contributed by atoms with Gasteiger partial charge in [-0.1, -0.05) is 12.1 Å². The molecule has 1 aliphatic heterocycles. The van der Waals surface area contributed by atoms with Crippen molar-refractivity contribution in [2.45, 2.75) is 12.6 Å². The molecule has 0 aliphatic carbocycles. The van der Waals surface area contributed by atoms with Gasteiger partial charge in [-0.15, -0.1) is 5.11 Å².